The van der Waals surface area contributed by atoms with Crippen LogP contribution < -0.4 is 0 Å². The molecule has 0 aromatic heterocycles. The Morgan fingerprint density at radius 2 is 1.70 bits per heavy atom. The van der Waals surface area contributed by atoms with E-state index in [9.17, 15) is 19.8 Å². The number of Topliss-reactive ketones (excluding diaryl/α,β-unsaturated/α-hetero) is 1. The zero-order valence-electron chi connectivity index (χ0n) is 22.1. The van der Waals surface area contributed by atoms with Gasteiger partial charge in [0, 0.05) is 24.9 Å². The number of ether oxygens (including phenoxy) is 2. The quantitative estimate of drug-likeness (QED) is 0.261. The smallest absolute Gasteiger partial charge is 0.305 e. The minimum absolute atomic E-state index is 0.0425. The highest BCUT2D eigenvalue weighted by Gasteiger charge is 2.60. The molecule has 0 amide bonds. The van der Waals surface area contributed by atoms with E-state index in [1.54, 1.807) is 20.8 Å². The Morgan fingerprint density at radius 3 is 2.15 bits per heavy atom. The number of carbonyl (C=O) groups is 2. The lowest BCUT2D eigenvalue weighted by molar-refractivity contribution is -0.148. The minimum Gasteiger partial charge on any atom is -0.481 e. The molecule has 0 aromatic carbocycles. The maximum Gasteiger partial charge on any atom is 0.305 e. The number of carboxylic acid groups (broad SMARTS) is 1. The summed E-state index contributed by atoms with van der Waals surface area (Å²) in [7, 11) is 1.47. The van der Waals surface area contributed by atoms with Crippen LogP contribution in [0.5, 0.6) is 0 Å². The molecular weight excluding hydrogens is 424 g/mol. The minimum atomic E-state index is -1.12. The predicted molar refractivity (Wildman–Crippen MR) is 128 cm³/mol. The third-order valence-corrected chi connectivity index (χ3v) is 7.33. The molecule has 1 aliphatic heterocycles. The van der Waals surface area contributed by atoms with E-state index in [0.717, 1.165) is 0 Å². The topological polar surface area (TPSA) is 117 Å². The monoisotopic (exact) mass is 470 g/mol. The summed E-state index contributed by atoms with van der Waals surface area (Å²) < 4.78 is 11.5. The van der Waals surface area contributed by atoms with Gasteiger partial charge < -0.3 is 24.8 Å². The van der Waals surface area contributed by atoms with Gasteiger partial charge in [0.15, 0.2) is 0 Å². The molecule has 0 saturated carbocycles. The second-order valence-corrected chi connectivity index (χ2v) is 11.2. The molecule has 1 heterocycles. The van der Waals surface area contributed by atoms with Gasteiger partial charge in [-0.15, -0.1) is 0 Å². The summed E-state index contributed by atoms with van der Waals surface area (Å²) in [5, 5.41) is 30.3. The van der Waals surface area contributed by atoms with E-state index in [4.69, 9.17) is 14.6 Å². The molecular formula is C26H46O7. The molecule has 0 bridgehead atoms. The first kappa shape index (κ1) is 29.8. The molecule has 0 aromatic rings. The lowest BCUT2D eigenvalue weighted by atomic mass is 9.70. The van der Waals surface area contributed by atoms with Crippen LogP contribution in [0.25, 0.3) is 0 Å². The Labute approximate surface area is 199 Å². The van der Waals surface area contributed by atoms with Crippen LogP contribution in [-0.2, 0) is 19.1 Å². The Hall–Kier alpha value is -1.28. The van der Waals surface area contributed by atoms with E-state index in [1.807, 2.05) is 34.6 Å². The van der Waals surface area contributed by atoms with Crippen LogP contribution in [0.1, 0.15) is 75.2 Å². The van der Waals surface area contributed by atoms with Crippen molar-refractivity contribution in [2.45, 2.75) is 105 Å². The van der Waals surface area contributed by atoms with E-state index < -0.39 is 47.6 Å². The number of aliphatic hydroxyl groups is 2. The third-order valence-electron chi connectivity index (χ3n) is 7.33. The summed E-state index contributed by atoms with van der Waals surface area (Å²) in [5.74, 6) is -2.01. The summed E-state index contributed by atoms with van der Waals surface area (Å²) in [6, 6.07) is 0. The molecule has 0 aliphatic carbocycles. The van der Waals surface area contributed by atoms with Crippen molar-refractivity contribution in [1.82, 2.24) is 0 Å². The number of allylic oxidation sites excluding steroid dienone is 1. The van der Waals surface area contributed by atoms with Gasteiger partial charge in [-0.3, -0.25) is 9.59 Å². The van der Waals surface area contributed by atoms with E-state index in [2.05, 4.69) is 13.0 Å². The molecule has 1 fully saturated rings. The van der Waals surface area contributed by atoms with Crippen molar-refractivity contribution in [3.8, 4) is 0 Å². The molecule has 0 unspecified atom stereocenters. The summed E-state index contributed by atoms with van der Waals surface area (Å²) >= 11 is 0. The maximum atomic E-state index is 13.4. The van der Waals surface area contributed by atoms with Crippen molar-refractivity contribution in [1.29, 1.82) is 0 Å². The Morgan fingerprint density at radius 1 is 1.15 bits per heavy atom. The van der Waals surface area contributed by atoms with Crippen molar-refractivity contribution in [3.63, 3.8) is 0 Å². The Bertz CT molecular complexity index is 711. The second kappa shape index (κ2) is 11.4. The van der Waals surface area contributed by atoms with Crippen LogP contribution in [0.4, 0.5) is 0 Å². The van der Waals surface area contributed by atoms with Gasteiger partial charge in [-0.05, 0) is 33.1 Å². The average Bonchev–Trinajstić information content (AvgIpc) is 3.38. The highest BCUT2D eigenvalue weighted by Crippen LogP contribution is 2.47. The fourth-order valence-corrected chi connectivity index (χ4v) is 5.59. The molecule has 33 heavy (non-hydrogen) atoms. The van der Waals surface area contributed by atoms with E-state index in [0.29, 0.717) is 6.42 Å². The molecule has 0 radical (unpaired) electrons. The highest BCUT2D eigenvalue weighted by molar-refractivity contribution is 5.86. The number of rotatable bonds is 14. The summed E-state index contributed by atoms with van der Waals surface area (Å²) in [4.78, 5) is 24.4. The molecule has 7 heteroatoms. The number of carboxylic acids is 1. The number of hydrogen-bond acceptors (Lipinski definition) is 6. The fourth-order valence-electron chi connectivity index (χ4n) is 5.59. The summed E-state index contributed by atoms with van der Waals surface area (Å²) in [6.07, 6.45) is -0.316. The highest BCUT2D eigenvalue weighted by atomic mass is 16.6. The average molecular weight is 471 g/mol. The van der Waals surface area contributed by atoms with Gasteiger partial charge in [-0.1, -0.05) is 53.2 Å². The van der Waals surface area contributed by atoms with Gasteiger partial charge in [0.25, 0.3) is 0 Å². The number of ketones is 1. The standard InChI is InChI=1S/C26H46O7/c1-14(2)11-17(5)23-26(9,33-23)22(31)16(4)12-15(3)21(30)25(7,8)24(32-10)18(6)19(27)13-20(28)29/h11,15-19,22-24,27,31H,12-13H2,1-10H3,(H,28,29)/t15-,16-,17-,18+,19-,22-,23+,24-,26+/m0/s1. The fraction of sp³-hybridized carbons (Fsp3) is 0.846. The number of carbonyl (C=O) groups excluding carboxylic acids is 1. The number of aliphatic hydroxyl groups excluding tert-OH is 2. The first-order valence-corrected chi connectivity index (χ1v) is 12.0. The second-order valence-electron chi connectivity index (χ2n) is 11.2. The first-order valence-electron chi connectivity index (χ1n) is 12.0. The van der Waals surface area contributed by atoms with Crippen molar-refractivity contribution in [3.05, 3.63) is 11.6 Å². The van der Waals surface area contributed by atoms with E-state index in [1.165, 1.54) is 12.7 Å². The van der Waals surface area contributed by atoms with E-state index in [-0.39, 0.29) is 29.6 Å². The molecule has 0 spiro atoms. The van der Waals surface area contributed by atoms with Crippen molar-refractivity contribution >= 4 is 11.8 Å². The van der Waals surface area contributed by atoms with Crippen LogP contribution in [0.15, 0.2) is 11.6 Å². The summed E-state index contributed by atoms with van der Waals surface area (Å²) in [6.45, 7) is 17.1. The van der Waals surface area contributed by atoms with Crippen LogP contribution >= 0.6 is 0 Å². The van der Waals surface area contributed by atoms with Crippen molar-refractivity contribution < 1.29 is 34.4 Å². The molecule has 192 valence electrons. The number of epoxide rings is 1. The SMILES string of the molecule is CO[C@@H]([C@H](C)[C@@H](O)CC(=O)O)C(C)(C)C(=O)[C@@H](C)C[C@H](C)[C@H](O)[C@@]1(C)O[C@@H]1[C@@H](C)C=C(C)C. The van der Waals surface area contributed by atoms with Crippen LogP contribution in [-0.4, -0.2) is 64.2 Å². The van der Waals surface area contributed by atoms with Gasteiger partial charge in [0.05, 0.1) is 36.3 Å². The zero-order chi connectivity index (χ0) is 25.9. The van der Waals surface area contributed by atoms with Crippen LogP contribution in [0, 0.1) is 29.1 Å². The van der Waals surface area contributed by atoms with Gasteiger partial charge in [0.2, 0.25) is 0 Å². The molecule has 1 saturated heterocycles. The first-order chi connectivity index (χ1) is 15.0. The van der Waals surface area contributed by atoms with Gasteiger partial charge in [0.1, 0.15) is 11.4 Å². The molecule has 9 atom stereocenters. The molecule has 3 N–H and O–H groups in total. The lowest BCUT2D eigenvalue weighted by Crippen LogP contribution is -2.48. The normalized spacial score (nSPS) is 27.0. The summed E-state index contributed by atoms with van der Waals surface area (Å²) in [5.41, 5.74) is -0.369. The number of hydrogen-bond donors (Lipinski definition) is 3. The predicted octanol–water partition coefficient (Wildman–Crippen LogP) is 3.85. The third kappa shape index (κ3) is 7.10. The van der Waals surface area contributed by atoms with Crippen molar-refractivity contribution in [2.75, 3.05) is 7.11 Å². The molecule has 7 nitrogen and oxygen atoms in total. The zero-order valence-corrected chi connectivity index (χ0v) is 22.1. The van der Waals surface area contributed by atoms with Gasteiger partial charge in [-0.25, -0.2) is 0 Å². The molecule has 1 aliphatic rings. The van der Waals surface area contributed by atoms with Crippen LogP contribution in [0.2, 0.25) is 0 Å². The molecule has 1 rings (SSSR count). The van der Waals surface area contributed by atoms with Gasteiger partial charge >= 0.3 is 5.97 Å². The maximum absolute atomic E-state index is 13.4. The van der Waals surface area contributed by atoms with Crippen LogP contribution in [0.3, 0.4) is 0 Å². The largest absolute Gasteiger partial charge is 0.481 e. The Kier molecular flexibility index (Phi) is 10.3. The number of methoxy groups -OCH3 is 1. The van der Waals surface area contributed by atoms with E-state index >= 15 is 0 Å². The Balaban J connectivity index is 2.86. The van der Waals surface area contributed by atoms with Gasteiger partial charge in [-0.2, -0.15) is 0 Å². The number of aliphatic carboxylic acids is 1. The lowest BCUT2D eigenvalue weighted by Gasteiger charge is -2.39. The van der Waals surface area contributed by atoms with Crippen molar-refractivity contribution in [2.24, 2.45) is 29.1 Å².